The van der Waals surface area contributed by atoms with Gasteiger partial charge < -0.3 is 10.1 Å². The number of anilines is 1. The summed E-state index contributed by atoms with van der Waals surface area (Å²) < 4.78 is 30.9. The molecule has 0 aromatic heterocycles. The zero-order chi connectivity index (χ0) is 15.4. The van der Waals surface area contributed by atoms with Crippen molar-refractivity contribution in [1.82, 2.24) is 0 Å². The lowest BCUT2D eigenvalue weighted by Crippen LogP contribution is -2.20. The average Bonchev–Trinajstić information content (AvgIpc) is 2.44. The van der Waals surface area contributed by atoms with Gasteiger partial charge in [-0.25, -0.2) is 8.78 Å². The highest BCUT2D eigenvalue weighted by atomic mass is 19.2. The second-order valence-electron chi connectivity index (χ2n) is 4.73. The number of rotatable bonds is 4. The first-order valence-corrected chi connectivity index (χ1v) is 6.40. The lowest BCUT2D eigenvalue weighted by molar-refractivity contribution is -0.118. The Morgan fingerprint density at radius 3 is 2.57 bits per heavy atom. The molecule has 0 aliphatic heterocycles. The third-order valence-electron chi connectivity index (χ3n) is 2.93. The lowest BCUT2D eigenvalue weighted by atomic mass is 10.1. The van der Waals surface area contributed by atoms with Crippen molar-refractivity contribution in [1.29, 1.82) is 0 Å². The fourth-order valence-corrected chi connectivity index (χ4v) is 1.77. The van der Waals surface area contributed by atoms with Crippen molar-refractivity contribution in [2.45, 2.75) is 13.8 Å². The first kappa shape index (κ1) is 15.0. The topological polar surface area (TPSA) is 38.3 Å². The molecular weight excluding hydrogens is 276 g/mol. The molecule has 0 saturated heterocycles. The average molecular weight is 291 g/mol. The summed E-state index contributed by atoms with van der Waals surface area (Å²) in [6.07, 6.45) is 0. The number of ether oxygens (including phenoxy) is 1. The lowest BCUT2D eigenvalue weighted by Gasteiger charge is -2.10. The zero-order valence-electron chi connectivity index (χ0n) is 11.7. The fraction of sp³-hybridized carbons (Fsp3) is 0.188. The number of nitrogens with one attached hydrogen (secondary N) is 1. The maximum atomic E-state index is 13.0. The summed E-state index contributed by atoms with van der Waals surface area (Å²) >= 11 is 0. The van der Waals surface area contributed by atoms with Crippen molar-refractivity contribution in [2.75, 3.05) is 11.9 Å². The van der Waals surface area contributed by atoms with Crippen LogP contribution in [0.5, 0.6) is 5.75 Å². The molecule has 0 aliphatic carbocycles. The molecule has 1 N–H and O–H groups in total. The van der Waals surface area contributed by atoms with Gasteiger partial charge in [-0.3, -0.25) is 4.79 Å². The molecule has 0 fully saturated rings. The van der Waals surface area contributed by atoms with Crippen LogP contribution in [-0.4, -0.2) is 12.5 Å². The summed E-state index contributed by atoms with van der Waals surface area (Å²) in [5, 5.41) is 2.72. The van der Waals surface area contributed by atoms with E-state index in [9.17, 15) is 13.6 Å². The van der Waals surface area contributed by atoms with E-state index in [0.717, 1.165) is 23.3 Å². The van der Waals surface area contributed by atoms with Crippen LogP contribution in [0.4, 0.5) is 14.5 Å². The van der Waals surface area contributed by atoms with Crippen LogP contribution in [0.2, 0.25) is 0 Å². The summed E-state index contributed by atoms with van der Waals surface area (Å²) in [4.78, 5) is 11.8. The molecule has 1 amide bonds. The van der Waals surface area contributed by atoms with Crippen LogP contribution < -0.4 is 10.1 Å². The Bertz CT molecular complexity index is 671. The highest BCUT2D eigenvalue weighted by Gasteiger charge is 2.08. The number of hydrogen-bond acceptors (Lipinski definition) is 2. The molecular formula is C16H15F2NO2. The van der Waals surface area contributed by atoms with Crippen LogP contribution >= 0.6 is 0 Å². The Hall–Kier alpha value is -2.43. The largest absolute Gasteiger partial charge is 0.484 e. The number of amides is 1. The van der Waals surface area contributed by atoms with Gasteiger partial charge in [0.2, 0.25) is 0 Å². The van der Waals surface area contributed by atoms with Gasteiger partial charge in [0, 0.05) is 11.8 Å². The Labute approximate surface area is 121 Å². The smallest absolute Gasteiger partial charge is 0.262 e. The molecule has 2 aromatic rings. The molecule has 0 heterocycles. The molecule has 3 nitrogen and oxygen atoms in total. The van der Waals surface area contributed by atoms with Crippen LogP contribution in [0.1, 0.15) is 11.1 Å². The minimum atomic E-state index is -1.01. The van der Waals surface area contributed by atoms with Gasteiger partial charge in [0.15, 0.2) is 18.2 Å². The van der Waals surface area contributed by atoms with Crippen LogP contribution in [-0.2, 0) is 4.79 Å². The molecule has 0 aliphatic rings. The summed E-state index contributed by atoms with van der Waals surface area (Å²) in [7, 11) is 0. The Balaban J connectivity index is 1.95. The number of halogens is 2. The van der Waals surface area contributed by atoms with E-state index in [1.807, 2.05) is 32.0 Å². The number of benzene rings is 2. The van der Waals surface area contributed by atoms with Gasteiger partial charge in [-0.2, -0.15) is 0 Å². The van der Waals surface area contributed by atoms with Crippen molar-refractivity contribution in [3.05, 3.63) is 59.2 Å². The third-order valence-corrected chi connectivity index (χ3v) is 2.93. The van der Waals surface area contributed by atoms with E-state index in [0.29, 0.717) is 5.69 Å². The van der Waals surface area contributed by atoms with Crippen LogP contribution in [0.25, 0.3) is 0 Å². The number of hydrogen-bond donors (Lipinski definition) is 1. The molecule has 2 rings (SSSR count). The molecule has 0 atom stereocenters. The predicted molar refractivity (Wildman–Crippen MR) is 76.4 cm³/mol. The SMILES string of the molecule is Cc1ccc(C)c(NC(=O)COc2ccc(F)c(F)c2)c1. The van der Waals surface area contributed by atoms with Gasteiger partial charge in [0.25, 0.3) is 5.91 Å². The molecule has 0 bridgehead atoms. The van der Waals surface area contributed by atoms with Crippen LogP contribution in [0.3, 0.4) is 0 Å². The number of carbonyl (C=O) groups is 1. The quantitative estimate of drug-likeness (QED) is 0.934. The predicted octanol–water partition coefficient (Wildman–Crippen LogP) is 3.60. The van der Waals surface area contributed by atoms with E-state index in [2.05, 4.69) is 5.32 Å². The highest BCUT2D eigenvalue weighted by molar-refractivity contribution is 5.92. The monoisotopic (exact) mass is 291 g/mol. The summed E-state index contributed by atoms with van der Waals surface area (Å²) in [6.45, 7) is 3.52. The van der Waals surface area contributed by atoms with Crippen LogP contribution in [0.15, 0.2) is 36.4 Å². The molecule has 0 saturated carbocycles. The highest BCUT2D eigenvalue weighted by Crippen LogP contribution is 2.17. The second kappa shape index (κ2) is 6.35. The fourth-order valence-electron chi connectivity index (χ4n) is 1.77. The molecule has 5 heteroatoms. The van der Waals surface area contributed by atoms with Crippen molar-refractivity contribution in [2.24, 2.45) is 0 Å². The molecule has 0 unspecified atom stereocenters. The van der Waals surface area contributed by atoms with Gasteiger partial charge in [0.05, 0.1) is 0 Å². The first-order valence-electron chi connectivity index (χ1n) is 6.40. The standard InChI is InChI=1S/C16H15F2NO2/c1-10-3-4-11(2)15(7-10)19-16(20)9-21-12-5-6-13(17)14(18)8-12/h3-8H,9H2,1-2H3,(H,19,20). The van der Waals surface area contributed by atoms with Gasteiger partial charge in [-0.15, -0.1) is 0 Å². The zero-order valence-corrected chi connectivity index (χ0v) is 11.7. The molecule has 2 aromatic carbocycles. The third kappa shape index (κ3) is 4.02. The maximum absolute atomic E-state index is 13.0. The summed E-state index contributed by atoms with van der Waals surface area (Å²) in [6, 6.07) is 8.83. The van der Waals surface area contributed by atoms with Crippen LogP contribution in [0, 0.1) is 25.5 Å². The molecule has 110 valence electrons. The van der Waals surface area contributed by atoms with Gasteiger partial charge in [-0.05, 0) is 43.2 Å². The van der Waals surface area contributed by atoms with E-state index in [1.165, 1.54) is 6.07 Å². The van der Waals surface area contributed by atoms with E-state index in [4.69, 9.17) is 4.74 Å². The molecule has 0 spiro atoms. The molecule has 0 radical (unpaired) electrons. The van der Waals surface area contributed by atoms with Crippen molar-refractivity contribution in [3.8, 4) is 5.75 Å². The van der Waals surface area contributed by atoms with Crippen molar-refractivity contribution < 1.29 is 18.3 Å². The van der Waals surface area contributed by atoms with Crippen molar-refractivity contribution >= 4 is 11.6 Å². The van der Waals surface area contributed by atoms with Gasteiger partial charge in [-0.1, -0.05) is 12.1 Å². The van der Waals surface area contributed by atoms with Gasteiger partial charge >= 0.3 is 0 Å². The minimum Gasteiger partial charge on any atom is -0.484 e. The van der Waals surface area contributed by atoms with Crippen molar-refractivity contribution in [3.63, 3.8) is 0 Å². The Kier molecular flexibility index (Phi) is 4.52. The number of carbonyl (C=O) groups excluding carboxylic acids is 1. The minimum absolute atomic E-state index is 0.102. The first-order chi connectivity index (χ1) is 9.95. The summed E-state index contributed by atoms with van der Waals surface area (Å²) in [5.74, 6) is -2.23. The Morgan fingerprint density at radius 1 is 1.10 bits per heavy atom. The maximum Gasteiger partial charge on any atom is 0.262 e. The Morgan fingerprint density at radius 2 is 1.86 bits per heavy atom. The molecule has 21 heavy (non-hydrogen) atoms. The van der Waals surface area contributed by atoms with E-state index >= 15 is 0 Å². The van der Waals surface area contributed by atoms with E-state index in [-0.39, 0.29) is 18.3 Å². The van der Waals surface area contributed by atoms with E-state index in [1.54, 1.807) is 0 Å². The van der Waals surface area contributed by atoms with E-state index < -0.39 is 11.6 Å². The van der Waals surface area contributed by atoms with Gasteiger partial charge in [0.1, 0.15) is 5.75 Å². The summed E-state index contributed by atoms with van der Waals surface area (Å²) in [5.41, 5.74) is 2.66. The second-order valence-corrected chi connectivity index (χ2v) is 4.73. The number of aryl methyl sites for hydroxylation is 2. The normalized spacial score (nSPS) is 10.3.